The zero-order valence-corrected chi connectivity index (χ0v) is 8.73. The molecule has 0 bridgehead atoms. The van der Waals surface area contributed by atoms with E-state index in [1.54, 1.807) is 0 Å². The summed E-state index contributed by atoms with van der Waals surface area (Å²) in [7, 11) is 0. The van der Waals surface area contributed by atoms with E-state index in [1.807, 2.05) is 6.92 Å². The second kappa shape index (κ2) is 4.65. The van der Waals surface area contributed by atoms with Gasteiger partial charge in [-0.1, -0.05) is 13.3 Å². The van der Waals surface area contributed by atoms with Crippen LogP contribution in [0, 0.1) is 0 Å². The molecule has 0 aromatic carbocycles. The summed E-state index contributed by atoms with van der Waals surface area (Å²) in [6.07, 6.45) is 5.70. The molecular weight excluding hydrogens is 186 g/mol. The molecule has 1 saturated carbocycles. The molecule has 0 radical (unpaired) electrons. The Hall–Kier alpha value is -0.510. The highest BCUT2D eigenvalue weighted by Gasteiger charge is 2.33. The van der Waals surface area contributed by atoms with Crippen molar-refractivity contribution in [2.45, 2.75) is 51.0 Å². The predicted octanol–water partition coefficient (Wildman–Crippen LogP) is 2.97. The second-order valence-electron chi connectivity index (χ2n) is 3.56. The van der Waals surface area contributed by atoms with Crippen LogP contribution in [0.5, 0.6) is 0 Å². The van der Waals surface area contributed by atoms with E-state index in [-0.39, 0.29) is 5.60 Å². The van der Waals surface area contributed by atoms with Crippen molar-refractivity contribution in [3.05, 3.63) is 0 Å². The molecule has 1 amide bonds. The molecular formula is C9H15NO2S. The van der Waals surface area contributed by atoms with Gasteiger partial charge in [0.1, 0.15) is 5.60 Å². The smallest absolute Gasteiger partial charge is 0.441 e. The van der Waals surface area contributed by atoms with Gasteiger partial charge in [0.25, 0.3) is 0 Å². The average Bonchev–Trinajstić information content (AvgIpc) is 2.19. The lowest BCUT2D eigenvalue weighted by atomic mass is 9.83. The zero-order valence-electron chi connectivity index (χ0n) is 7.91. The Labute approximate surface area is 84.0 Å². The quantitative estimate of drug-likeness (QED) is 0.689. The Morgan fingerprint density at radius 2 is 2.08 bits per heavy atom. The lowest BCUT2D eigenvalue weighted by Gasteiger charge is -2.34. The fourth-order valence-electron chi connectivity index (χ4n) is 1.93. The standard InChI is InChI=1S/C9H15NO2S/c1-2-9(12-8(11)10-13)6-4-3-5-7-9/h2-7H2,1H3. The predicted molar refractivity (Wildman–Crippen MR) is 52.4 cm³/mol. The Balaban J connectivity index is 2.56. The van der Waals surface area contributed by atoms with Crippen LogP contribution in [0.1, 0.15) is 45.4 Å². The van der Waals surface area contributed by atoms with E-state index < -0.39 is 6.09 Å². The van der Waals surface area contributed by atoms with Crippen molar-refractivity contribution >= 4 is 18.5 Å². The highest BCUT2D eigenvalue weighted by Crippen LogP contribution is 2.34. The van der Waals surface area contributed by atoms with Crippen molar-refractivity contribution in [1.29, 1.82) is 0 Å². The van der Waals surface area contributed by atoms with E-state index >= 15 is 0 Å². The topological polar surface area (TPSA) is 38.7 Å². The number of hydrogen-bond donors (Lipinski definition) is 0. The van der Waals surface area contributed by atoms with Crippen LogP contribution in [0.25, 0.3) is 0 Å². The largest absolute Gasteiger partial charge is 0.445 e. The molecule has 0 N–H and O–H groups in total. The maximum absolute atomic E-state index is 11.0. The molecule has 3 nitrogen and oxygen atoms in total. The summed E-state index contributed by atoms with van der Waals surface area (Å²) in [5.41, 5.74) is -0.266. The summed E-state index contributed by atoms with van der Waals surface area (Å²) in [5, 5.41) is 0. The van der Waals surface area contributed by atoms with Gasteiger partial charge < -0.3 is 4.74 Å². The minimum absolute atomic E-state index is 0.266. The highest BCUT2D eigenvalue weighted by molar-refractivity contribution is 7.47. The monoisotopic (exact) mass is 201 g/mol. The van der Waals surface area contributed by atoms with E-state index in [4.69, 9.17) is 4.74 Å². The number of amides is 1. The van der Waals surface area contributed by atoms with E-state index in [2.05, 4.69) is 16.8 Å². The molecule has 1 aliphatic carbocycles. The lowest BCUT2D eigenvalue weighted by molar-refractivity contribution is -0.0142. The molecule has 1 aliphatic rings. The molecule has 1 fully saturated rings. The van der Waals surface area contributed by atoms with E-state index in [0.29, 0.717) is 0 Å². The molecule has 1 rings (SSSR count). The van der Waals surface area contributed by atoms with Crippen LogP contribution in [0.15, 0.2) is 4.36 Å². The number of rotatable bonds is 2. The van der Waals surface area contributed by atoms with Crippen molar-refractivity contribution in [1.82, 2.24) is 0 Å². The van der Waals surface area contributed by atoms with Gasteiger partial charge in [0, 0.05) is 12.4 Å². The molecule has 0 aromatic heterocycles. The summed E-state index contributed by atoms with van der Waals surface area (Å²) in [6.45, 7) is 2.04. The molecule has 0 spiro atoms. The number of carbonyl (C=O) groups excluding carboxylic acids is 1. The highest BCUT2D eigenvalue weighted by atomic mass is 32.1. The zero-order chi connectivity index (χ0) is 9.73. The summed E-state index contributed by atoms with van der Waals surface area (Å²) in [5.74, 6) is 0. The molecule has 0 aliphatic heterocycles. The first-order valence-corrected chi connectivity index (χ1v) is 5.15. The van der Waals surface area contributed by atoms with Gasteiger partial charge in [-0.3, -0.25) is 0 Å². The Morgan fingerprint density at radius 1 is 1.46 bits per heavy atom. The van der Waals surface area contributed by atoms with Gasteiger partial charge in [-0.2, -0.15) is 0 Å². The molecule has 0 unspecified atom stereocenters. The summed E-state index contributed by atoms with van der Waals surface area (Å²) in [4.78, 5) is 11.0. The SMILES string of the molecule is CCC1(OC(=O)N=S)CCCCC1. The van der Waals surface area contributed by atoms with Crippen molar-refractivity contribution in [3.8, 4) is 0 Å². The molecule has 74 valence electrons. The van der Waals surface area contributed by atoms with E-state index in [9.17, 15) is 4.79 Å². The van der Waals surface area contributed by atoms with Crippen LogP contribution >= 0.6 is 0 Å². The molecule has 0 atom stereocenters. The summed E-state index contributed by atoms with van der Waals surface area (Å²) >= 11 is 4.29. The third kappa shape index (κ3) is 2.72. The van der Waals surface area contributed by atoms with E-state index in [1.165, 1.54) is 6.42 Å². The fourth-order valence-corrected chi connectivity index (χ4v) is 1.97. The van der Waals surface area contributed by atoms with Crippen molar-refractivity contribution < 1.29 is 9.53 Å². The lowest BCUT2D eigenvalue weighted by Crippen LogP contribution is -2.35. The average molecular weight is 201 g/mol. The Kier molecular flexibility index (Phi) is 3.78. The third-order valence-corrected chi connectivity index (χ3v) is 2.94. The van der Waals surface area contributed by atoms with Crippen LogP contribution in [-0.2, 0) is 17.2 Å². The van der Waals surface area contributed by atoms with Gasteiger partial charge in [-0.15, -0.1) is 4.36 Å². The third-order valence-electron chi connectivity index (χ3n) is 2.79. The van der Waals surface area contributed by atoms with Crippen LogP contribution in [0.3, 0.4) is 0 Å². The van der Waals surface area contributed by atoms with Crippen LogP contribution in [0.2, 0.25) is 0 Å². The first-order chi connectivity index (χ1) is 6.22. The van der Waals surface area contributed by atoms with Gasteiger partial charge in [-0.25, -0.2) is 4.79 Å². The first kappa shape index (κ1) is 10.6. The van der Waals surface area contributed by atoms with Gasteiger partial charge in [-0.05, 0) is 32.1 Å². The van der Waals surface area contributed by atoms with Crippen LogP contribution in [-0.4, -0.2) is 11.7 Å². The van der Waals surface area contributed by atoms with Gasteiger partial charge in [0.15, 0.2) is 0 Å². The second-order valence-corrected chi connectivity index (χ2v) is 3.74. The maximum Gasteiger partial charge on any atom is 0.445 e. The number of nitrogens with zero attached hydrogens (tertiary/aromatic N) is 1. The first-order valence-electron chi connectivity index (χ1n) is 4.79. The molecule has 13 heavy (non-hydrogen) atoms. The van der Waals surface area contributed by atoms with Crippen molar-refractivity contribution in [2.24, 2.45) is 4.36 Å². The number of carbonyl (C=O) groups is 1. The van der Waals surface area contributed by atoms with Crippen LogP contribution in [0.4, 0.5) is 4.79 Å². The van der Waals surface area contributed by atoms with Crippen LogP contribution < -0.4 is 0 Å². The van der Waals surface area contributed by atoms with Crippen molar-refractivity contribution in [2.75, 3.05) is 0 Å². The van der Waals surface area contributed by atoms with Gasteiger partial charge >= 0.3 is 6.09 Å². The molecule has 0 heterocycles. The number of hydrogen-bond acceptors (Lipinski definition) is 3. The van der Waals surface area contributed by atoms with Crippen molar-refractivity contribution in [3.63, 3.8) is 0 Å². The minimum atomic E-state index is -0.598. The van der Waals surface area contributed by atoms with Gasteiger partial charge in [0.05, 0.1) is 0 Å². The summed E-state index contributed by atoms with van der Waals surface area (Å²) < 4.78 is 8.37. The maximum atomic E-state index is 11.0. The minimum Gasteiger partial charge on any atom is -0.441 e. The van der Waals surface area contributed by atoms with Gasteiger partial charge in [0.2, 0.25) is 0 Å². The van der Waals surface area contributed by atoms with E-state index in [0.717, 1.165) is 32.1 Å². The normalized spacial score (nSPS) is 20.7. The molecule has 0 saturated heterocycles. The Morgan fingerprint density at radius 3 is 2.54 bits per heavy atom. The fraction of sp³-hybridized carbons (Fsp3) is 0.889. The Bertz CT molecular complexity index is 200. The summed E-state index contributed by atoms with van der Waals surface area (Å²) in [6, 6.07) is 0. The molecule has 0 aromatic rings. The number of ether oxygens (including phenoxy) is 1. The molecule has 4 heteroatoms.